The molecule has 1 aromatic heterocycles. The minimum absolute atomic E-state index is 0.0201. The third-order valence-corrected chi connectivity index (χ3v) is 5.52. The largest absolute Gasteiger partial charge is 0.346 e. The molecule has 0 aliphatic carbocycles. The first-order chi connectivity index (χ1) is 13.2. The quantitative estimate of drug-likeness (QED) is 0.775. The summed E-state index contributed by atoms with van der Waals surface area (Å²) in [6, 6.07) is 3.38. The highest BCUT2D eigenvalue weighted by molar-refractivity contribution is 6.30. The van der Waals surface area contributed by atoms with Crippen molar-refractivity contribution in [1.29, 1.82) is 0 Å². The molecule has 4 rings (SSSR count). The van der Waals surface area contributed by atoms with Crippen molar-refractivity contribution in [3.63, 3.8) is 0 Å². The SMILES string of the molecule is O=C([C@@H]1CCCc2nn(Cc3ccc(Cl)c(F)c3)c(=O)n21)N1CCC(F)(F)C1. The number of nitrogens with zero attached hydrogens (tertiary/aromatic N) is 4. The molecule has 0 radical (unpaired) electrons. The maximum Gasteiger partial charge on any atom is 0.346 e. The van der Waals surface area contributed by atoms with Crippen LogP contribution in [-0.2, 0) is 17.8 Å². The number of aryl methyl sites for hydroxylation is 1. The zero-order valence-electron chi connectivity index (χ0n) is 14.9. The lowest BCUT2D eigenvalue weighted by molar-refractivity contribution is -0.135. The van der Waals surface area contributed by atoms with Crippen molar-refractivity contribution in [2.45, 2.75) is 44.2 Å². The van der Waals surface area contributed by atoms with Crippen LogP contribution >= 0.6 is 11.6 Å². The first kappa shape index (κ1) is 19.0. The number of benzene rings is 1. The molecule has 0 spiro atoms. The van der Waals surface area contributed by atoms with Crippen LogP contribution in [0.2, 0.25) is 5.02 Å². The highest BCUT2D eigenvalue weighted by Crippen LogP contribution is 2.31. The second kappa shape index (κ2) is 6.95. The highest BCUT2D eigenvalue weighted by atomic mass is 35.5. The fourth-order valence-electron chi connectivity index (χ4n) is 3.81. The molecule has 2 aliphatic heterocycles. The summed E-state index contributed by atoms with van der Waals surface area (Å²) in [6.07, 6.45) is 1.17. The molecule has 1 atom stereocenters. The molecule has 0 N–H and O–H groups in total. The number of fused-ring (bicyclic) bond motifs is 1. The smallest absolute Gasteiger partial charge is 0.335 e. The number of hydrogen-bond acceptors (Lipinski definition) is 3. The maximum absolute atomic E-state index is 13.7. The number of carbonyl (C=O) groups excluding carboxylic acids is 1. The van der Waals surface area contributed by atoms with E-state index in [4.69, 9.17) is 11.6 Å². The Bertz CT molecular complexity index is 988. The van der Waals surface area contributed by atoms with Crippen LogP contribution < -0.4 is 5.69 Å². The van der Waals surface area contributed by atoms with Crippen molar-refractivity contribution < 1.29 is 18.0 Å². The van der Waals surface area contributed by atoms with E-state index in [2.05, 4.69) is 5.10 Å². The number of halogens is 4. The topological polar surface area (TPSA) is 60.1 Å². The van der Waals surface area contributed by atoms with Crippen LogP contribution in [0.3, 0.4) is 0 Å². The van der Waals surface area contributed by atoms with Gasteiger partial charge in [0, 0.05) is 19.4 Å². The van der Waals surface area contributed by atoms with Gasteiger partial charge in [-0.15, -0.1) is 0 Å². The van der Waals surface area contributed by atoms with E-state index in [9.17, 15) is 22.8 Å². The van der Waals surface area contributed by atoms with Crippen molar-refractivity contribution in [2.24, 2.45) is 0 Å². The summed E-state index contributed by atoms with van der Waals surface area (Å²) in [5.41, 5.74) is -0.00382. The highest BCUT2D eigenvalue weighted by Gasteiger charge is 2.43. The number of likely N-dealkylation sites (tertiary alicyclic amines) is 1. The molecule has 28 heavy (non-hydrogen) atoms. The summed E-state index contributed by atoms with van der Waals surface area (Å²) in [6.45, 7) is -0.620. The van der Waals surface area contributed by atoms with E-state index in [1.54, 1.807) is 6.07 Å². The second-order valence-electron chi connectivity index (χ2n) is 7.25. The number of rotatable bonds is 3. The minimum Gasteiger partial charge on any atom is -0.335 e. The van der Waals surface area contributed by atoms with Gasteiger partial charge in [0.15, 0.2) is 0 Å². The first-order valence-corrected chi connectivity index (χ1v) is 9.42. The van der Waals surface area contributed by atoms with Gasteiger partial charge in [-0.3, -0.25) is 9.36 Å². The van der Waals surface area contributed by atoms with Crippen LogP contribution in [0, 0.1) is 5.82 Å². The molecule has 1 amide bonds. The van der Waals surface area contributed by atoms with E-state index in [0.717, 1.165) is 4.90 Å². The summed E-state index contributed by atoms with van der Waals surface area (Å²) < 4.78 is 43.1. The summed E-state index contributed by atoms with van der Waals surface area (Å²) in [5.74, 6) is -3.52. The summed E-state index contributed by atoms with van der Waals surface area (Å²) in [5, 5.41) is 4.26. The summed E-state index contributed by atoms with van der Waals surface area (Å²) in [7, 11) is 0. The average Bonchev–Trinajstić information content (AvgIpc) is 3.17. The molecule has 1 aromatic carbocycles. The Hall–Kier alpha value is -2.29. The first-order valence-electron chi connectivity index (χ1n) is 9.04. The lowest BCUT2D eigenvalue weighted by Crippen LogP contribution is -2.42. The van der Waals surface area contributed by atoms with Crippen molar-refractivity contribution in [3.05, 3.63) is 50.9 Å². The number of hydrogen-bond donors (Lipinski definition) is 0. The van der Waals surface area contributed by atoms with E-state index < -0.39 is 35.9 Å². The predicted octanol–water partition coefficient (Wildman–Crippen LogP) is 2.63. The average molecular weight is 415 g/mol. The van der Waals surface area contributed by atoms with E-state index in [1.165, 1.54) is 21.4 Å². The number of aromatic nitrogens is 3. The minimum atomic E-state index is -2.89. The van der Waals surface area contributed by atoms with E-state index >= 15 is 0 Å². The number of carbonyl (C=O) groups is 1. The fraction of sp³-hybridized carbons (Fsp3) is 0.500. The van der Waals surface area contributed by atoms with Crippen molar-refractivity contribution in [2.75, 3.05) is 13.1 Å². The zero-order valence-corrected chi connectivity index (χ0v) is 15.6. The summed E-state index contributed by atoms with van der Waals surface area (Å²) >= 11 is 5.67. The van der Waals surface area contributed by atoms with E-state index in [1.807, 2.05) is 0 Å². The second-order valence-corrected chi connectivity index (χ2v) is 7.66. The van der Waals surface area contributed by atoms with Crippen molar-refractivity contribution >= 4 is 17.5 Å². The number of alkyl halides is 2. The van der Waals surface area contributed by atoms with Crippen LogP contribution in [0.15, 0.2) is 23.0 Å². The monoisotopic (exact) mass is 414 g/mol. The molecule has 0 unspecified atom stereocenters. The van der Waals surface area contributed by atoms with Gasteiger partial charge in [-0.1, -0.05) is 17.7 Å². The summed E-state index contributed by atoms with van der Waals surface area (Å²) in [4.78, 5) is 26.8. The molecule has 10 heteroatoms. The van der Waals surface area contributed by atoms with Gasteiger partial charge in [0.25, 0.3) is 5.92 Å². The molecule has 2 aromatic rings. The Kier molecular flexibility index (Phi) is 4.73. The van der Waals surface area contributed by atoms with Gasteiger partial charge in [-0.2, -0.15) is 5.10 Å². The molecule has 1 fully saturated rings. The Morgan fingerprint density at radius 2 is 2.14 bits per heavy atom. The van der Waals surface area contributed by atoms with Gasteiger partial charge in [0.1, 0.15) is 17.7 Å². The van der Waals surface area contributed by atoms with Gasteiger partial charge in [-0.25, -0.2) is 22.6 Å². The lowest BCUT2D eigenvalue weighted by atomic mass is 10.0. The van der Waals surface area contributed by atoms with Gasteiger partial charge in [0.2, 0.25) is 5.91 Å². The molecule has 0 saturated carbocycles. The lowest BCUT2D eigenvalue weighted by Gasteiger charge is -2.27. The molecule has 3 heterocycles. The molecule has 2 aliphatic rings. The Balaban J connectivity index is 1.62. The standard InChI is InChI=1S/C18H18ClF3N4O2/c19-12-5-4-11(8-13(12)20)9-25-17(28)26-14(2-1-3-15(26)23-25)16(27)24-7-6-18(21,22)10-24/h4-5,8,14H,1-3,6-7,9-10H2/t14-/m0/s1. The van der Waals surface area contributed by atoms with Gasteiger partial charge >= 0.3 is 5.69 Å². The maximum atomic E-state index is 13.7. The molecule has 150 valence electrons. The molecular formula is C18H18ClF3N4O2. The van der Waals surface area contributed by atoms with Gasteiger partial charge in [-0.05, 0) is 30.5 Å². The van der Waals surface area contributed by atoms with Crippen LogP contribution in [0.1, 0.15) is 36.7 Å². The third-order valence-electron chi connectivity index (χ3n) is 5.21. The van der Waals surface area contributed by atoms with Gasteiger partial charge < -0.3 is 4.90 Å². The van der Waals surface area contributed by atoms with E-state index in [0.29, 0.717) is 30.7 Å². The Labute approximate surface area is 163 Å². The predicted molar refractivity (Wildman–Crippen MR) is 95.1 cm³/mol. The van der Waals surface area contributed by atoms with Crippen molar-refractivity contribution in [3.8, 4) is 0 Å². The van der Waals surface area contributed by atoms with Crippen LogP contribution in [0.4, 0.5) is 13.2 Å². The fourth-order valence-corrected chi connectivity index (χ4v) is 3.93. The van der Waals surface area contributed by atoms with Crippen LogP contribution in [0.5, 0.6) is 0 Å². The molecule has 1 saturated heterocycles. The van der Waals surface area contributed by atoms with Crippen molar-refractivity contribution in [1.82, 2.24) is 19.2 Å². The molecule has 0 bridgehead atoms. The Morgan fingerprint density at radius 3 is 2.82 bits per heavy atom. The molecular weight excluding hydrogens is 397 g/mol. The normalized spacial score (nSPS) is 21.0. The van der Waals surface area contributed by atoms with Gasteiger partial charge in [0.05, 0.1) is 18.1 Å². The van der Waals surface area contributed by atoms with E-state index in [-0.39, 0.29) is 24.5 Å². The zero-order chi connectivity index (χ0) is 20.1. The van der Waals surface area contributed by atoms with Crippen LogP contribution in [-0.4, -0.2) is 44.2 Å². The van der Waals surface area contributed by atoms with Crippen LogP contribution in [0.25, 0.3) is 0 Å². The Morgan fingerprint density at radius 1 is 1.36 bits per heavy atom. The molecule has 6 nitrogen and oxygen atoms in total. The third kappa shape index (κ3) is 3.43. The number of amides is 1.